The first-order chi connectivity index (χ1) is 16.2. The number of aromatic nitrogens is 1. The summed E-state index contributed by atoms with van der Waals surface area (Å²) >= 11 is 6.56. The number of benzene rings is 1. The number of carbonyl (C=O) groups is 3. The van der Waals surface area contributed by atoms with Crippen molar-refractivity contribution in [2.24, 2.45) is 0 Å². The molecule has 2 aliphatic rings. The molecule has 4 amide bonds. The molecule has 2 aliphatic heterocycles. The molecule has 1 aromatic carbocycles. The van der Waals surface area contributed by atoms with E-state index in [1.165, 1.54) is 30.5 Å². The number of imide groups is 1. The van der Waals surface area contributed by atoms with Crippen LogP contribution in [-0.4, -0.2) is 37.8 Å². The van der Waals surface area contributed by atoms with Gasteiger partial charge in [-0.15, -0.1) is 11.3 Å². The minimum Gasteiger partial charge on any atom is -0.384 e. The molecule has 3 aromatic rings. The smallest absolute Gasteiger partial charge is 0.333 e. The topological polar surface area (TPSA) is 138 Å². The van der Waals surface area contributed by atoms with Crippen LogP contribution in [0, 0.1) is 0 Å². The van der Waals surface area contributed by atoms with Gasteiger partial charge in [-0.1, -0.05) is 11.6 Å². The number of hydrogen-bond donors (Lipinski definition) is 3. The normalized spacial score (nSPS) is 14.9. The van der Waals surface area contributed by atoms with Gasteiger partial charge >= 0.3 is 6.03 Å². The molecule has 0 bridgehead atoms. The van der Waals surface area contributed by atoms with Crippen molar-refractivity contribution in [3.05, 3.63) is 63.6 Å². The van der Waals surface area contributed by atoms with Crippen LogP contribution in [0.4, 0.5) is 22.0 Å². The molecule has 0 aliphatic carbocycles. The molecule has 174 valence electrons. The van der Waals surface area contributed by atoms with Gasteiger partial charge in [-0.05, 0) is 53.9 Å². The van der Waals surface area contributed by atoms with Crippen molar-refractivity contribution in [1.82, 2.24) is 9.71 Å². The number of carbonyl (C=O) groups excluding carboxylic acids is 3. The third-order valence-corrected chi connectivity index (χ3v) is 8.39. The van der Waals surface area contributed by atoms with E-state index in [-0.39, 0.29) is 26.5 Å². The number of rotatable bonds is 4. The highest BCUT2D eigenvalue weighted by Gasteiger charge is 2.34. The maximum atomic E-state index is 13.1. The fourth-order valence-corrected chi connectivity index (χ4v) is 6.20. The number of pyridine rings is 1. The molecule has 4 heterocycles. The Bertz CT molecular complexity index is 1450. The number of nitrogens with one attached hydrogen (secondary N) is 3. The third kappa shape index (κ3) is 4.11. The third-order valence-electron chi connectivity index (χ3n) is 5.34. The summed E-state index contributed by atoms with van der Waals surface area (Å²) < 4.78 is 26.5. The monoisotopic (exact) mass is 517 g/mol. The molecule has 34 heavy (non-hydrogen) atoms. The zero-order valence-electron chi connectivity index (χ0n) is 17.3. The number of amides is 4. The predicted octanol–water partition coefficient (Wildman–Crippen LogP) is 3.00. The first-order valence-corrected chi connectivity index (χ1v) is 12.7. The van der Waals surface area contributed by atoms with E-state index in [4.69, 9.17) is 11.6 Å². The molecule has 3 N–H and O–H groups in total. The van der Waals surface area contributed by atoms with E-state index in [1.54, 1.807) is 0 Å². The van der Waals surface area contributed by atoms with Crippen molar-refractivity contribution in [3.8, 4) is 0 Å². The number of urea groups is 1. The standard InChI is InChI=1S/C21H16ClN5O5S2/c22-16-2-4-19(33-16)34(31,32)26-21(30)25-13-1-3-17(24-10-13)27-18(28)9-12-8-15-11(5-6-23-15)7-14(12)20(27)29/h1-4,7-8,10,23H,5-6,9H2,(H2,25,26,30). The number of sulfonamides is 1. The zero-order chi connectivity index (χ0) is 24.0. The Balaban J connectivity index is 1.31. The van der Waals surface area contributed by atoms with Crippen LogP contribution >= 0.6 is 22.9 Å². The quantitative estimate of drug-likeness (QED) is 0.452. The number of nitrogens with zero attached hydrogens (tertiary/aromatic N) is 2. The Morgan fingerprint density at radius 3 is 2.68 bits per heavy atom. The summed E-state index contributed by atoms with van der Waals surface area (Å²) in [5.74, 6) is -0.777. The van der Waals surface area contributed by atoms with Crippen LogP contribution in [0.3, 0.4) is 0 Å². The molecule has 5 rings (SSSR count). The van der Waals surface area contributed by atoms with Gasteiger partial charge in [0.15, 0.2) is 0 Å². The van der Waals surface area contributed by atoms with E-state index in [0.29, 0.717) is 11.1 Å². The summed E-state index contributed by atoms with van der Waals surface area (Å²) in [6.07, 6.45) is 2.09. The molecular weight excluding hydrogens is 502 g/mol. The van der Waals surface area contributed by atoms with E-state index >= 15 is 0 Å². The van der Waals surface area contributed by atoms with Gasteiger partial charge in [0.2, 0.25) is 5.91 Å². The van der Waals surface area contributed by atoms with Crippen molar-refractivity contribution in [1.29, 1.82) is 0 Å². The van der Waals surface area contributed by atoms with Crippen molar-refractivity contribution >= 4 is 68.0 Å². The molecule has 0 saturated heterocycles. The highest BCUT2D eigenvalue weighted by Crippen LogP contribution is 2.32. The fraction of sp³-hybridized carbons (Fsp3) is 0.143. The number of anilines is 3. The van der Waals surface area contributed by atoms with Crippen molar-refractivity contribution in [2.75, 3.05) is 22.1 Å². The predicted molar refractivity (Wildman–Crippen MR) is 127 cm³/mol. The maximum absolute atomic E-state index is 13.1. The fourth-order valence-electron chi connectivity index (χ4n) is 3.81. The lowest BCUT2D eigenvalue weighted by Gasteiger charge is -2.26. The highest BCUT2D eigenvalue weighted by atomic mass is 35.5. The summed E-state index contributed by atoms with van der Waals surface area (Å²) in [5.41, 5.74) is 3.28. The lowest BCUT2D eigenvalue weighted by molar-refractivity contribution is -0.117. The molecule has 13 heteroatoms. The van der Waals surface area contributed by atoms with Crippen molar-refractivity contribution in [2.45, 2.75) is 17.1 Å². The summed E-state index contributed by atoms with van der Waals surface area (Å²) in [5, 5.41) is 5.59. The van der Waals surface area contributed by atoms with Crippen molar-refractivity contribution < 1.29 is 22.8 Å². The van der Waals surface area contributed by atoms with E-state index in [9.17, 15) is 22.8 Å². The highest BCUT2D eigenvalue weighted by molar-refractivity contribution is 7.92. The van der Waals surface area contributed by atoms with Gasteiger partial charge in [0, 0.05) is 17.8 Å². The summed E-state index contributed by atoms with van der Waals surface area (Å²) in [7, 11) is -4.08. The first kappa shape index (κ1) is 22.3. The van der Waals surface area contributed by atoms with Gasteiger partial charge in [0.1, 0.15) is 10.0 Å². The summed E-state index contributed by atoms with van der Waals surface area (Å²) in [6.45, 7) is 0.788. The van der Waals surface area contributed by atoms with E-state index in [0.717, 1.165) is 40.5 Å². The molecule has 2 aromatic heterocycles. The second-order valence-corrected chi connectivity index (χ2v) is 11.2. The molecule has 0 unspecified atom stereocenters. The molecular formula is C21H16ClN5O5S2. The molecule has 0 spiro atoms. The summed E-state index contributed by atoms with van der Waals surface area (Å²) in [4.78, 5) is 43.1. The minimum atomic E-state index is -4.08. The van der Waals surface area contributed by atoms with E-state index in [1.807, 2.05) is 16.9 Å². The number of fused-ring (bicyclic) bond motifs is 2. The minimum absolute atomic E-state index is 0.0602. The largest absolute Gasteiger partial charge is 0.384 e. The number of halogens is 1. The number of thiophene rings is 1. The van der Waals surface area contributed by atoms with Gasteiger partial charge in [-0.2, -0.15) is 0 Å². The molecule has 10 nitrogen and oxygen atoms in total. The van der Waals surface area contributed by atoms with Gasteiger partial charge in [0.05, 0.1) is 22.6 Å². The second-order valence-electron chi connectivity index (χ2n) is 7.58. The van der Waals surface area contributed by atoms with Crippen LogP contribution in [-0.2, 0) is 27.7 Å². The Kier molecular flexibility index (Phi) is 5.50. The average molecular weight is 518 g/mol. The number of hydrogen-bond acceptors (Lipinski definition) is 8. The van der Waals surface area contributed by atoms with Crippen LogP contribution in [0.2, 0.25) is 4.34 Å². The van der Waals surface area contributed by atoms with Crippen LogP contribution in [0.15, 0.2) is 46.8 Å². The average Bonchev–Trinajstić information content (AvgIpc) is 3.42. The van der Waals surface area contributed by atoms with Crippen LogP contribution < -0.4 is 20.3 Å². The molecule has 0 saturated carbocycles. The van der Waals surface area contributed by atoms with E-state index < -0.39 is 27.9 Å². The maximum Gasteiger partial charge on any atom is 0.333 e. The first-order valence-electron chi connectivity index (χ1n) is 10.0. The zero-order valence-corrected chi connectivity index (χ0v) is 19.7. The molecule has 0 radical (unpaired) electrons. The van der Waals surface area contributed by atoms with Crippen LogP contribution in [0.1, 0.15) is 21.5 Å². The van der Waals surface area contributed by atoms with Crippen LogP contribution in [0.25, 0.3) is 0 Å². The SMILES string of the molecule is O=C(Nc1ccc(N2C(=O)Cc3cc4c(cc3C2=O)CCN4)nc1)NS(=O)(=O)c1ccc(Cl)s1. The van der Waals surface area contributed by atoms with E-state index in [2.05, 4.69) is 15.6 Å². The molecule has 0 fully saturated rings. The van der Waals surface area contributed by atoms with Crippen molar-refractivity contribution in [3.63, 3.8) is 0 Å². The second kappa shape index (κ2) is 8.38. The van der Waals surface area contributed by atoms with Gasteiger partial charge in [-0.3, -0.25) is 9.59 Å². The molecule has 0 atom stereocenters. The van der Waals surface area contributed by atoms with Gasteiger partial charge < -0.3 is 10.6 Å². The lowest BCUT2D eigenvalue weighted by atomic mass is 9.95. The van der Waals surface area contributed by atoms with Gasteiger partial charge in [0.25, 0.3) is 15.9 Å². The Morgan fingerprint density at radius 1 is 1.15 bits per heavy atom. The van der Waals surface area contributed by atoms with Gasteiger partial charge in [-0.25, -0.2) is 27.8 Å². The van der Waals surface area contributed by atoms with Crippen LogP contribution in [0.5, 0.6) is 0 Å². The Labute approximate surface area is 203 Å². The Hall–Kier alpha value is -3.48. The Morgan fingerprint density at radius 2 is 1.97 bits per heavy atom. The lowest BCUT2D eigenvalue weighted by Crippen LogP contribution is -2.43. The summed E-state index contributed by atoms with van der Waals surface area (Å²) in [6, 6.07) is 8.18.